The van der Waals surface area contributed by atoms with Crippen LogP contribution in [0.25, 0.3) is 0 Å². The minimum atomic E-state index is -0.542. The van der Waals surface area contributed by atoms with E-state index in [1.54, 1.807) is 30.3 Å². The minimum absolute atomic E-state index is 0.0281. The summed E-state index contributed by atoms with van der Waals surface area (Å²) in [6, 6.07) is 13.2. The molecule has 0 amide bonds. The highest BCUT2D eigenvalue weighted by Gasteiger charge is 2.12. The molecule has 0 aliphatic carbocycles. The van der Waals surface area contributed by atoms with Gasteiger partial charge in [0.1, 0.15) is 11.6 Å². The fourth-order valence-electron chi connectivity index (χ4n) is 1.45. The predicted octanol–water partition coefficient (Wildman–Crippen LogP) is 3.85. The molecule has 2 aromatic carbocycles. The normalized spacial score (nSPS) is 10.1. The molecule has 0 heterocycles. The summed E-state index contributed by atoms with van der Waals surface area (Å²) in [7, 11) is 0. The minimum Gasteiger partial charge on any atom is -0.485 e. The van der Waals surface area contributed by atoms with Gasteiger partial charge in [-0.15, -0.1) is 0 Å². The summed E-state index contributed by atoms with van der Waals surface area (Å²) in [5.74, 6) is -0.348. The number of halogens is 2. The number of para-hydroxylation sites is 1. The summed E-state index contributed by atoms with van der Waals surface area (Å²) in [6.07, 6.45) is 0. The van der Waals surface area contributed by atoms with Crippen LogP contribution in [0.1, 0.15) is 10.4 Å². The highest BCUT2D eigenvalue weighted by molar-refractivity contribution is 9.10. The van der Waals surface area contributed by atoms with Gasteiger partial charge in [-0.2, -0.15) is 0 Å². The second kappa shape index (κ2) is 5.78. The number of ether oxygens (including phenoxy) is 1. The Labute approximate surface area is 113 Å². The number of benzene rings is 2. The standard InChI is InChI=1S/C14H10BrFO2/c15-10-6-7-13(16)12(8-10)14(17)9-18-11-4-2-1-3-5-11/h1-8H,9H2. The van der Waals surface area contributed by atoms with Crippen LogP contribution in [-0.4, -0.2) is 12.4 Å². The van der Waals surface area contributed by atoms with Gasteiger partial charge in [0.05, 0.1) is 5.56 Å². The maximum Gasteiger partial charge on any atom is 0.203 e. The SMILES string of the molecule is O=C(COc1ccccc1)c1cc(Br)ccc1F. The molecule has 2 nitrogen and oxygen atoms in total. The molecule has 0 unspecified atom stereocenters. The van der Waals surface area contributed by atoms with Gasteiger partial charge in [-0.25, -0.2) is 4.39 Å². The molecule has 0 radical (unpaired) electrons. The molecule has 0 aromatic heterocycles. The van der Waals surface area contributed by atoms with Gasteiger partial charge in [0, 0.05) is 4.47 Å². The Balaban J connectivity index is 2.06. The van der Waals surface area contributed by atoms with E-state index in [2.05, 4.69) is 15.9 Å². The number of carbonyl (C=O) groups is 1. The van der Waals surface area contributed by atoms with E-state index in [1.165, 1.54) is 12.1 Å². The summed E-state index contributed by atoms with van der Waals surface area (Å²) in [5, 5.41) is 0. The molecule has 2 aromatic rings. The molecule has 0 N–H and O–H groups in total. The van der Waals surface area contributed by atoms with Crippen LogP contribution in [0.15, 0.2) is 53.0 Å². The van der Waals surface area contributed by atoms with Gasteiger partial charge in [0.25, 0.3) is 0 Å². The summed E-state index contributed by atoms with van der Waals surface area (Å²) >= 11 is 3.20. The average Bonchev–Trinajstić information content (AvgIpc) is 2.40. The van der Waals surface area contributed by atoms with Crippen LogP contribution in [0.4, 0.5) is 4.39 Å². The average molecular weight is 309 g/mol. The topological polar surface area (TPSA) is 26.3 Å². The van der Waals surface area contributed by atoms with Crippen LogP contribution >= 0.6 is 15.9 Å². The monoisotopic (exact) mass is 308 g/mol. The van der Waals surface area contributed by atoms with Crippen molar-refractivity contribution in [1.82, 2.24) is 0 Å². The van der Waals surface area contributed by atoms with Crippen LogP contribution in [0.3, 0.4) is 0 Å². The van der Waals surface area contributed by atoms with Crippen LogP contribution in [-0.2, 0) is 0 Å². The summed E-state index contributed by atoms with van der Waals surface area (Å²) in [6.45, 7) is -0.183. The first-order valence-corrected chi connectivity index (χ1v) is 6.12. The van der Waals surface area contributed by atoms with Gasteiger partial charge >= 0.3 is 0 Å². The summed E-state index contributed by atoms with van der Waals surface area (Å²) in [5.41, 5.74) is 0.0281. The first-order chi connectivity index (χ1) is 8.66. The van der Waals surface area contributed by atoms with Crippen LogP contribution in [0.2, 0.25) is 0 Å². The number of rotatable bonds is 4. The molecule has 0 aliphatic heterocycles. The van der Waals surface area contributed by atoms with E-state index in [0.29, 0.717) is 10.2 Å². The fourth-order valence-corrected chi connectivity index (χ4v) is 1.82. The molecule has 0 saturated carbocycles. The third-order valence-corrected chi connectivity index (χ3v) is 2.84. The second-order valence-corrected chi connectivity index (χ2v) is 4.56. The van der Waals surface area contributed by atoms with Crippen molar-refractivity contribution >= 4 is 21.7 Å². The zero-order valence-corrected chi connectivity index (χ0v) is 11.0. The van der Waals surface area contributed by atoms with Crippen molar-refractivity contribution in [2.75, 3.05) is 6.61 Å². The van der Waals surface area contributed by atoms with Crippen molar-refractivity contribution in [1.29, 1.82) is 0 Å². The Morgan fingerprint density at radius 3 is 2.61 bits per heavy atom. The maximum absolute atomic E-state index is 13.4. The zero-order chi connectivity index (χ0) is 13.0. The number of carbonyl (C=O) groups excluding carboxylic acids is 1. The van der Waals surface area contributed by atoms with Gasteiger partial charge in [-0.05, 0) is 30.3 Å². The van der Waals surface area contributed by atoms with Crippen molar-refractivity contribution in [3.8, 4) is 5.75 Å². The lowest BCUT2D eigenvalue weighted by Crippen LogP contribution is -2.13. The van der Waals surface area contributed by atoms with Gasteiger partial charge in [0.2, 0.25) is 5.78 Å². The second-order valence-electron chi connectivity index (χ2n) is 3.65. The lowest BCUT2D eigenvalue weighted by Gasteiger charge is -2.06. The lowest BCUT2D eigenvalue weighted by atomic mass is 10.1. The van der Waals surface area contributed by atoms with Crippen molar-refractivity contribution in [3.05, 3.63) is 64.4 Å². The van der Waals surface area contributed by atoms with Crippen molar-refractivity contribution in [3.63, 3.8) is 0 Å². The fraction of sp³-hybridized carbons (Fsp3) is 0.0714. The van der Waals surface area contributed by atoms with E-state index in [-0.39, 0.29) is 12.2 Å². The largest absolute Gasteiger partial charge is 0.485 e. The first kappa shape index (κ1) is 12.8. The summed E-state index contributed by atoms with van der Waals surface area (Å²) in [4.78, 5) is 11.8. The van der Waals surface area contributed by atoms with Crippen LogP contribution in [0, 0.1) is 5.82 Å². The van der Waals surface area contributed by atoms with Crippen molar-refractivity contribution in [2.45, 2.75) is 0 Å². The Hall–Kier alpha value is -1.68. The van der Waals surface area contributed by atoms with Gasteiger partial charge in [-0.3, -0.25) is 4.79 Å². The molecular formula is C14H10BrFO2. The Morgan fingerprint density at radius 1 is 1.17 bits per heavy atom. The lowest BCUT2D eigenvalue weighted by molar-refractivity contribution is 0.0917. The van der Waals surface area contributed by atoms with Gasteiger partial charge < -0.3 is 4.74 Å². The molecule has 0 aliphatic rings. The van der Waals surface area contributed by atoms with E-state index in [1.807, 2.05) is 6.07 Å². The molecule has 0 fully saturated rings. The van der Waals surface area contributed by atoms with E-state index < -0.39 is 11.6 Å². The van der Waals surface area contributed by atoms with E-state index >= 15 is 0 Å². The number of ketones is 1. The smallest absolute Gasteiger partial charge is 0.203 e. The maximum atomic E-state index is 13.4. The van der Waals surface area contributed by atoms with Gasteiger partial charge in [0.15, 0.2) is 6.61 Å². The Bertz CT molecular complexity index is 555. The summed E-state index contributed by atoms with van der Waals surface area (Å²) < 4.78 is 19.4. The first-order valence-electron chi connectivity index (χ1n) is 5.33. The molecular weight excluding hydrogens is 299 g/mol. The molecule has 2 rings (SSSR count). The number of hydrogen-bond donors (Lipinski definition) is 0. The molecule has 4 heteroatoms. The predicted molar refractivity (Wildman–Crippen MR) is 70.4 cm³/mol. The van der Waals surface area contributed by atoms with Crippen molar-refractivity contribution < 1.29 is 13.9 Å². The van der Waals surface area contributed by atoms with Crippen LogP contribution in [0.5, 0.6) is 5.75 Å². The molecule has 0 atom stereocenters. The highest BCUT2D eigenvalue weighted by Crippen LogP contribution is 2.17. The Kier molecular flexibility index (Phi) is 4.10. The van der Waals surface area contributed by atoms with E-state index in [9.17, 15) is 9.18 Å². The molecule has 18 heavy (non-hydrogen) atoms. The number of Topliss-reactive ketones (excluding diaryl/α,β-unsaturated/α-hetero) is 1. The third-order valence-electron chi connectivity index (χ3n) is 2.34. The van der Waals surface area contributed by atoms with Crippen LogP contribution < -0.4 is 4.74 Å². The number of hydrogen-bond acceptors (Lipinski definition) is 2. The van der Waals surface area contributed by atoms with E-state index in [0.717, 1.165) is 0 Å². The molecule has 0 saturated heterocycles. The van der Waals surface area contributed by atoms with Crippen molar-refractivity contribution in [2.24, 2.45) is 0 Å². The zero-order valence-electron chi connectivity index (χ0n) is 9.40. The van der Waals surface area contributed by atoms with E-state index in [4.69, 9.17) is 4.74 Å². The van der Waals surface area contributed by atoms with Gasteiger partial charge in [-0.1, -0.05) is 34.1 Å². The molecule has 0 bridgehead atoms. The quantitative estimate of drug-likeness (QED) is 0.802. The molecule has 0 spiro atoms. The molecule has 92 valence electrons. The third kappa shape index (κ3) is 3.17. The highest BCUT2D eigenvalue weighted by atomic mass is 79.9. The Morgan fingerprint density at radius 2 is 1.89 bits per heavy atom.